The second-order valence-corrected chi connectivity index (χ2v) is 14.0. The van der Waals surface area contributed by atoms with Crippen molar-refractivity contribution in [2.75, 3.05) is 13.2 Å². The molecule has 37 heavy (non-hydrogen) atoms. The molecular weight excluding hydrogens is 472 g/mol. The molecule has 0 aromatic rings. The molecule has 3 heterocycles. The van der Waals surface area contributed by atoms with Gasteiger partial charge in [-0.2, -0.15) is 0 Å². The van der Waals surface area contributed by atoms with E-state index in [0.717, 1.165) is 0 Å². The first-order valence-corrected chi connectivity index (χ1v) is 13.7. The standard InChI is InChI=1S/C29H48N2O6/c1-11-12-30(27(8,9)16-26(5,6)7)24(34)22-29-14-18(4)28(10,37-29)21(25(35)36)20(29)23(33)31(22)19(15-32)13-17(2)3/h11,17-22,32H,1,12-16H2,2-10H3,(H,35,36)/t18?,19-,20+,21+,22?,28-,29?/m1/s1. The van der Waals surface area contributed by atoms with Crippen LogP contribution in [0.3, 0.4) is 0 Å². The van der Waals surface area contributed by atoms with E-state index in [-0.39, 0.29) is 36.3 Å². The topological polar surface area (TPSA) is 107 Å². The number of likely N-dealkylation sites (tertiary alicyclic amines) is 1. The molecule has 2 amide bonds. The minimum Gasteiger partial charge on any atom is -0.481 e. The van der Waals surface area contributed by atoms with Crippen LogP contribution in [0.25, 0.3) is 0 Å². The lowest BCUT2D eigenvalue weighted by molar-refractivity contribution is -0.162. The maximum atomic E-state index is 14.7. The molecule has 3 aliphatic rings. The van der Waals surface area contributed by atoms with Crippen LogP contribution in [0.15, 0.2) is 12.7 Å². The largest absolute Gasteiger partial charge is 0.481 e. The first-order chi connectivity index (χ1) is 16.9. The van der Waals surface area contributed by atoms with Gasteiger partial charge in [0.1, 0.15) is 17.6 Å². The highest BCUT2D eigenvalue weighted by atomic mass is 16.5. The number of carbonyl (C=O) groups is 3. The predicted molar refractivity (Wildman–Crippen MR) is 142 cm³/mol. The number of hydrogen-bond donors (Lipinski definition) is 2. The Morgan fingerprint density at radius 1 is 1.27 bits per heavy atom. The third-order valence-corrected chi connectivity index (χ3v) is 8.87. The number of amides is 2. The molecule has 3 unspecified atom stereocenters. The molecule has 210 valence electrons. The summed E-state index contributed by atoms with van der Waals surface area (Å²) in [7, 11) is 0. The zero-order valence-corrected chi connectivity index (χ0v) is 24.2. The van der Waals surface area contributed by atoms with Gasteiger partial charge in [-0.15, -0.1) is 6.58 Å². The highest BCUT2D eigenvalue weighted by Gasteiger charge is 2.80. The van der Waals surface area contributed by atoms with Crippen LogP contribution in [-0.4, -0.2) is 79.8 Å². The number of ether oxygens (including phenoxy) is 1. The quantitative estimate of drug-likeness (QED) is 0.425. The number of hydrogen-bond acceptors (Lipinski definition) is 5. The second-order valence-electron chi connectivity index (χ2n) is 14.0. The van der Waals surface area contributed by atoms with E-state index in [4.69, 9.17) is 4.74 Å². The molecule has 0 radical (unpaired) electrons. The molecule has 8 heteroatoms. The number of carbonyl (C=O) groups excluding carboxylic acids is 2. The van der Waals surface area contributed by atoms with Crippen LogP contribution in [0, 0.1) is 29.1 Å². The fourth-order valence-corrected chi connectivity index (χ4v) is 7.85. The van der Waals surface area contributed by atoms with Crippen molar-refractivity contribution in [3.8, 4) is 0 Å². The zero-order valence-electron chi connectivity index (χ0n) is 24.2. The lowest BCUT2D eigenvalue weighted by Gasteiger charge is -2.46. The summed E-state index contributed by atoms with van der Waals surface area (Å²) in [5.41, 5.74) is -2.95. The normalized spacial score (nSPS) is 34.1. The Kier molecular flexibility index (Phi) is 7.74. The molecule has 0 saturated carbocycles. The van der Waals surface area contributed by atoms with Gasteiger partial charge in [-0.3, -0.25) is 14.4 Å². The molecular formula is C29H48N2O6. The first-order valence-electron chi connectivity index (χ1n) is 13.7. The van der Waals surface area contributed by atoms with E-state index in [0.29, 0.717) is 19.3 Å². The molecule has 0 aliphatic carbocycles. The molecule has 3 saturated heterocycles. The van der Waals surface area contributed by atoms with Crippen LogP contribution in [0.2, 0.25) is 0 Å². The minimum absolute atomic E-state index is 0.0703. The first kappa shape index (κ1) is 29.6. The highest BCUT2D eigenvalue weighted by molar-refractivity contribution is 5.98. The summed E-state index contributed by atoms with van der Waals surface area (Å²) in [6, 6.07) is -1.63. The number of nitrogens with zero attached hydrogens (tertiary/aromatic N) is 2. The van der Waals surface area contributed by atoms with Gasteiger partial charge in [-0.05, 0) is 57.3 Å². The third kappa shape index (κ3) is 4.73. The average Bonchev–Trinajstić information content (AvgIpc) is 3.24. The molecule has 1 spiro atoms. The minimum atomic E-state index is -1.26. The van der Waals surface area contributed by atoms with Crippen molar-refractivity contribution in [1.82, 2.24) is 9.80 Å². The summed E-state index contributed by atoms with van der Waals surface area (Å²) in [5.74, 6) is -3.77. The van der Waals surface area contributed by atoms with E-state index in [1.165, 1.54) is 4.90 Å². The molecule has 8 nitrogen and oxygen atoms in total. The van der Waals surface area contributed by atoms with Crippen LogP contribution < -0.4 is 0 Å². The molecule has 0 aromatic heterocycles. The number of rotatable bonds is 10. The Balaban J connectivity index is 2.21. The van der Waals surface area contributed by atoms with E-state index < -0.39 is 52.5 Å². The van der Waals surface area contributed by atoms with Crippen LogP contribution in [0.5, 0.6) is 0 Å². The van der Waals surface area contributed by atoms with Crippen molar-refractivity contribution in [2.24, 2.45) is 29.1 Å². The van der Waals surface area contributed by atoms with Gasteiger partial charge in [0.05, 0.1) is 24.2 Å². The molecule has 7 atom stereocenters. The predicted octanol–water partition coefficient (Wildman–Crippen LogP) is 3.72. The molecule has 0 aromatic carbocycles. The maximum absolute atomic E-state index is 14.7. The Bertz CT molecular complexity index is 939. The fourth-order valence-electron chi connectivity index (χ4n) is 7.85. The summed E-state index contributed by atoms with van der Waals surface area (Å²) in [6.07, 6.45) is 3.30. The monoisotopic (exact) mass is 520 g/mol. The summed E-state index contributed by atoms with van der Waals surface area (Å²) in [4.78, 5) is 44.7. The number of fused-ring (bicyclic) bond motifs is 1. The van der Waals surface area contributed by atoms with Gasteiger partial charge in [-0.1, -0.05) is 47.6 Å². The van der Waals surface area contributed by atoms with E-state index >= 15 is 0 Å². The Morgan fingerprint density at radius 2 is 1.86 bits per heavy atom. The van der Waals surface area contributed by atoms with Gasteiger partial charge in [0.25, 0.3) is 0 Å². The SMILES string of the molecule is C=CCN(C(=O)C1N([C@@H](CO)CC(C)C)C(=O)[C@@H]2[C@@H](C(=O)O)[C@]3(C)OC12CC3C)C(C)(C)CC(C)(C)C. The average molecular weight is 521 g/mol. The van der Waals surface area contributed by atoms with Crippen LogP contribution in [-0.2, 0) is 19.1 Å². The van der Waals surface area contributed by atoms with E-state index in [2.05, 4.69) is 27.4 Å². The number of aliphatic hydroxyl groups is 1. The molecule has 2 N–H and O–H groups in total. The van der Waals surface area contributed by atoms with Gasteiger partial charge in [0, 0.05) is 12.1 Å². The second kappa shape index (κ2) is 9.67. The van der Waals surface area contributed by atoms with Gasteiger partial charge < -0.3 is 24.7 Å². The number of carboxylic acid groups (broad SMARTS) is 1. The highest BCUT2D eigenvalue weighted by Crippen LogP contribution is 2.65. The van der Waals surface area contributed by atoms with Crippen LogP contribution >= 0.6 is 0 Å². The summed E-state index contributed by atoms with van der Waals surface area (Å²) in [5, 5.41) is 20.7. The Hall–Kier alpha value is -1.93. The van der Waals surface area contributed by atoms with Crippen molar-refractivity contribution in [3.05, 3.63) is 12.7 Å². The Labute approximate surface area is 222 Å². The third-order valence-electron chi connectivity index (χ3n) is 8.87. The molecule has 2 bridgehead atoms. The maximum Gasteiger partial charge on any atom is 0.310 e. The van der Waals surface area contributed by atoms with Crippen molar-refractivity contribution in [2.45, 2.75) is 110 Å². The van der Waals surface area contributed by atoms with Gasteiger partial charge in [0.2, 0.25) is 11.8 Å². The molecule has 3 aliphatic heterocycles. The number of aliphatic hydroxyl groups excluding tert-OH is 1. The zero-order chi connectivity index (χ0) is 28.3. The van der Waals surface area contributed by atoms with Crippen molar-refractivity contribution < 1.29 is 29.3 Å². The van der Waals surface area contributed by atoms with Gasteiger partial charge >= 0.3 is 5.97 Å². The summed E-state index contributed by atoms with van der Waals surface area (Å²) >= 11 is 0. The van der Waals surface area contributed by atoms with Gasteiger partial charge in [-0.25, -0.2) is 0 Å². The fraction of sp³-hybridized carbons (Fsp3) is 0.828. The van der Waals surface area contributed by atoms with Crippen molar-refractivity contribution in [1.29, 1.82) is 0 Å². The number of carboxylic acids is 1. The smallest absolute Gasteiger partial charge is 0.310 e. The summed E-state index contributed by atoms with van der Waals surface area (Å²) in [6.45, 7) is 22.0. The van der Waals surface area contributed by atoms with Gasteiger partial charge in [0.15, 0.2) is 0 Å². The number of aliphatic carboxylic acids is 1. The van der Waals surface area contributed by atoms with E-state index in [1.807, 2.05) is 34.6 Å². The lowest BCUT2D eigenvalue weighted by atomic mass is 9.62. The summed E-state index contributed by atoms with van der Waals surface area (Å²) < 4.78 is 6.64. The Morgan fingerprint density at radius 3 is 2.32 bits per heavy atom. The van der Waals surface area contributed by atoms with Crippen LogP contribution in [0.1, 0.15) is 81.6 Å². The van der Waals surface area contributed by atoms with E-state index in [1.54, 1.807) is 17.9 Å². The van der Waals surface area contributed by atoms with E-state index in [9.17, 15) is 24.6 Å². The van der Waals surface area contributed by atoms with Crippen LogP contribution in [0.4, 0.5) is 0 Å². The molecule has 3 fully saturated rings. The lowest BCUT2D eigenvalue weighted by Crippen LogP contribution is -2.62. The van der Waals surface area contributed by atoms with Crippen molar-refractivity contribution >= 4 is 17.8 Å². The molecule has 3 rings (SSSR count). The van der Waals surface area contributed by atoms with Crippen molar-refractivity contribution in [3.63, 3.8) is 0 Å².